The lowest BCUT2D eigenvalue weighted by atomic mass is 10.1. The van der Waals surface area contributed by atoms with Gasteiger partial charge in [-0.1, -0.05) is 29.8 Å². The molecule has 0 heterocycles. The van der Waals surface area contributed by atoms with Crippen LogP contribution in [0, 0.1) is 0 Å². The third-order valence-electron chi connectivity index (χ3n) is 3.14. The van der Waals surface area contributed by atoms with Gasteiger partial charge in [0.05, 0.1) is 11.6 Å². The highest BCUT2D eigenvalue weighted by atomic mass is 35.5. The lowest BCUT2D eigenvalue weighted by Gasteiger charge is -2.14. The van der Waals surface area contributed by atoms with Gasteiger partial charge in [-0.15, -0.1) is 0 Å². The van der Waals surface area contributed by atoms with Gasteiger partial charge < -0.3 is 15.2 Å². The number of nitrogens with one attached hydrogen (secondary N) is 1. The summed E-state index contributed by atoms with van der Waals surface area (Å²) in [7, 11) is 0. The first-order valence-electron chi connectivity index (χ1n) is 6.96. The summed E-state index contributed by atoms with van der Waals surface area (Å²) in [5, 5.41) is 12.6. The fourth-order valence-corrected chi connectivity index (χ4v) is 2.19. The predicted octanol–water partition coefficient (Wildman–Crippen LogP) is 3.08. The van der Waals surface area contributed by atoms with Crippen molar-refractivity contribution >= 4 is 23.5 Å². The fourth-order valence-electron chi connectivity index (χ4n) is 1.99. The minimum atomic E-state index is -0.675. The van der Waals surface area contributed by atoms with Crippen molar-refractivity contribution < 1.29 is 19.4 Å². The Bertz CT molecular complexity index is 717. The fraction of sp³-hybridized carbons (Fsp3) is 0.176. The van der Waals surface area contributed by atoms with E-state index in [4.69, 9.17) is 16.3 Å². The van der Waals surface area contributed by atoms with Gasteiger partial charge in [0.2, 0.25) is 0 Å². The molecule has 1 atom stereocenters. The summed E-state index contributed by atoms with van der Waals surface area (Å²) in [4.78, 5) is 23.6. The number of hydrogen-bond donors (Lipinski definition) is 2. The lowest BCUT2D eigenvalue weighted by Crippen LogP contribution is -2.31. The monoisotopic (exact) mass is 333 g/mol. The van der Waals surface area contributed by atoms with Crippen molar-refractivity contribution in [1.29, 1.82) is 0 Å². The molecule has 2 aromatic carbocycles. The molecule has 0 aliphatic heterocycles. The van der Waals surface area contributed by atoms with Crippen LogP contribution in [-0.2, 0) is 9.53 Å². The number of aromatic hydroxyl groups is 1. The molecule has 0 bridgehead atoms. The van der Waals surface area contributed by atoms with Gasteiger partial charge in [0.25, 0.3) is 5.91 Å². The van der Waals surface area contributed by atoms with Crippen molar-refractivity contribution in [1.82, 2.24) is 5.32 Å². The zero-order chi connectivity index (χ0) is 16.8. The molecule has 0 aliphatic carbocycles. The van der Waals surface area contributed by atoms with Crippen LogP contribution in [0.15, 0.2) is 48.5 Å². The van der Waals surface area contributed by atoms with E-state index >= 15 is 0 Å². The predicted molar refractivity (Wildman–Crippen MR) is 86.4 cm³/mol. The number of carbonyl (C=O) groups excluding carboxylic acids is 2. The normalized spacial score (nSPS) is 11.6. The van der Waals surface area contributed by atoms with Crippen molar-refractivity contribution in [3.63, 3.8) is 0 Å². The van der Waals surface area contributed by atoms with Crippen LogP contribution in [-0.4, -0.2) is 23.6 Å². The van der Waals surface area contributed by atoms with E-state index in [9.17, 15) is 14.7 Å². The number of phenols is 1. The molecule has 2 rings (SSSR count). The third kappa shape index (κ3) is 5.00. The molecular weight excluding hydrogens is 318 g/mol. The smallest absolute Gasteiger partial charge is 0.338 e. The number of rotatable bonds is 5. The van der Waals surface area contributed by atoms with Crippen molar-refractivity contribution in [3.05, 3.63) is 64.7 Å². The highest BCUT2D eigenvalue weighted by Gasteiger charge is 2.13. The molecule has 6 heteroatoms. The SMILES string of the molecule is CC(NC(=O)COC(=O)c1cccc(O)c1)c1cccc(Cl)c1. The standard InChI is InChI=1S/C17H16ClNO4/c1-11(12-4-2-6-14(18)8-12)19-16(21)10-23-17(22)13-5-3-7-15(20)9-13/h2-9,11,20H,10H2,1H3,(H,19,21). The van der Waals surface area contributed by atoms with Gasteiger partial charge in [0, 0.05) is 5.02 Å². The molecule has 0 radical (unpaired) electrons. The minimum Gasteiger partial charge on any atom is -0.508 e. The Morgan fingerprint density at radius 2 is 1.96 bits per heavy atom. The van der Waals surface area contributed by atoms with Crippen LogP contribution >= 0.6 is 11.6 Å². The number of halogens is 1. The van der Waals surface area contributed by atoms with Crippen LogP contribution in [0.25, 0.3) is 0 Å². The number of ether oxygens (including phenoxy) is 1. The maximum atomic E-state index is 11.8. The average Bonchev–Trinajstić information content (AvgIpc) is 2.52. The number of phenolic OH excluding ortho intramolecular Hbond substituents is 1. The Morgan fingerprint density at radius 1 is 1.22 bits per heavy atom. The Hall–Kier alpha value is -2.53. The first kappa shape index (κ1) is 16.8. The van der Waals surface area contributed by atoms with E-state index in [0.717, 1.165) is 5.56 Å². The summed E-state index contributed by atoms with van der Waals surface area (Å²) in [5.74, 6) is -1.14. The molecule has 2 N–H and O–H groups in total. The summed E-state index contributed by atoms with van der Waals surface area (Å²) < 4.78 is 4.92. The van der Waals surface area contributed by atoms with E-state index in [2.05, 4.69) is 5.32 Å². The van der Waals surface area contributed by atoms with Gasteiger partial charge in [-0.3, -0.25) is 4.79 Å². The van der Waals surface area contributed by atoms with E-state index in [1.807, 2.05) is 6.07 Å². The van der Waals surface area contributed by atoms with Crippen molar-refractivity contribution in [2.45, 2.75) is 13.0 Å². The second kappa shape index (κ2) is 7.65. The molecule has 0 fully saturated rings. The van der Waals surface area contributed by atoms with Gasteiger partial charge >= 0.3 is 5.97 Å². The molecule has 0 saturated carbocycles. The first-order chi connectivity index (χ1) is 11.0. The minimum absolute atomic E-state index is 0.0431. The molecule has 2 aromatic rings. The molecule has 0 aliphatic rings. The quantitative estimate of drug-likeness (QED) is 0.824. The Morgan fingerprint density at radius 3 is 2.65 bits per heavy atom. The average molecular weight is 334 g/mol. The summed E-state index contributed by atoms with van der Waals surface area (Å²) >= 11 is 5.91. The highest BCUT2D eigenvalue weighted by Crippen LogP contribution is 2.17. The largest absolute Gasteiger partial charge is 0.508 e. The van der Waals surface area contributed by atoms with Crippen molar-refractivity contribution in [2.75, 3.05) is 6.61 Å². The number of carbonyl (C=O) groups is 2. The molecule has 1 unspecified atom stereocenters. The number of esters is 1. The molecule has 1 amide bonds. The van der Waals surface area contributed by atoms with Crippen LogP contribution in [0.5, 0.6) is 5.75 Å². The molecule has 23 heavy (non-hydrogen) atoms. The van der Waals surface area contributed by atoms with Crippen molar-refractivity contribution in [2.24, 2.45) is 0 Å². The summed E-state index contributed by atoms with van der Waals surface area (Å²) in [6, 6.07) is 12.6. The van der Waals surface area contributed by atoms with Crippen LogP contribution in [0.2, 0.25) is 5.02 Å². The zero-order valence-corrected chi connectivity index (χ0v) is 13.2. The van der Waals surface area contributed by atoms with Gasteiger partial charge in [-0.05, 0) is 42.8 Å². The molecular formula is C17H16ClNO4. The van der Waals surface area contributed by atoms with Gasteiger partial charge in [-0.2, -0.15) is 0 Å². The Kier molecular flexibility index (Phi) is 5.60. The maximum Gasteiger partial charge on any atom is 0.338 e. The summed E-state index contributed by atoms with van der Waals surface area (Å²) in [5.41, 5.74) is 1.03. The van der Waals surface area contributed by atoms with E-state index in [-0.39, 0.29) is 17.4 Å². The zero-order valence-electron chi connectivity index (χ0n) is 12.5. The Labute approximate surface area is 138 Å². The molecule has 120 valence electrons. The van der Waals surface area contributed by atoms with Gasteiger partial charge in [0.1, 0.15) is 5.75 Å². The van der Waals surface area contributed by atoms with E-state index < -0.39 is 18.5 Å². The molecule has 0 spiro atoms. The summed E-state index contributed by atoms with van der Waals surface area (Å²) in [6.07, 6.45) is 0. The third-order valence-corrected chi connectivity index (χ3v) is 3.38. The summed E-state index contributed by atoms with van der Waals surface area (Å²) in [6.45, 7) is 1.40. The lowest BCUT2D eigenvalue weighted by molar-refractivity contribution is -0.124. The number of benzene rings is 2. The van der Waals surface area contributed by atoms with Crippen LogP contribution in [0.3, 0.4) is 0 Å². The van der Waals surface area contributed by atoms with E-state index in [1.54, 1.807) is 25.1 Å². The Balaban J connectivity index is 1.86. The molecule has 5 nitrogen and oxygen atoms in total. The van der Waals surface area contributed by atoms with E-state index in [1.165, 1.54) is 24.3 Å². The second-order valence-corrected chi connectivity index (χ2v) is 5.41. The van der Waals surface area contributed by atoms with Crippen LogP contribution in [0.4, 0.5) is 0 Å². The number of hydrogen-bond acceptors (Lipinski definition) is 4. The maximum absolute atomic E-state index is 11.8. The second-order valence-electron chi connectivity index (χ2n) is 4.97. The molecule has 0 aromatic heterocycles. The topological polar surface area (TPSA) is 75.6 Å². The van der Waals surface area contributed by atoms with Crippen molar-refractivity contribution in [3.8, 4) is 5.75 Å². The first-order valence-corrected chi connectivity index (χ1v) is 7.34. The number of amides is 1. The van der Waals surface area contributed by atoms with Crippen LogP contribution in [0.1, 0.15) is 28.9 Å². The highest BCUT2D eigenvalue weighted by molar-refractivity contribution is 6.30. The van der Waals surface area contributed by atoms with Gasteiger partial charge in [-0.25, -0.2) is 4.79 Å². The van der Waals surface area contributed by atoms with E-state index in [0.29, 0.717) is 5.02 Å². The molecule has 0 saturated heterocycles. The van der Waals surface area contributed by atoms with Gasteiger partial charge in [0.15, 0.2) is 6.61 Å². The van der Waals surface area contributed by atoms with Crippen LogP contribution < -0.4 is 5.32 Å².